The highest BCUT2D eigenvalue weighted by atomic mass is 35.5. The Bertz CT molecular complexity index is 290. The van der Waals surface area contributed by atoms with Gasteiger partial charge in [0, 0.05) is 0 Å². The van der Waals surface area contributed by atoms with Crippen LogP contribution in [-0.2, 0) is 0 Å². The number of anilines is 1. The van der Waals surface area contributed by atoms with Crippen LogP contribution in [0, 0.1) is 11.3 Å². The van der Waals surface area contributed by atoms with E-state index in [4.69, 9.17) is 22.6 Å². The van der Waals surface area contributed by atoms with Crippen molar-refractivity contribution >= 4 is 17.4 Å². The standard InChI is InChI=1S/C6H4ClN3/c7-4-1-2-6(9)10-5(4)3-8/h1-2H,(H2,9,10). The molecule has 0 amide bonds. The number of rotatable bonds is 0. The summed E-state index contributed by atoms with van der Waals surface area (Å²) in [5.41, 5.74) is 5.45. The topological polar surface area (TPSA) is 62.7 Å². The Labute approximate surface area is 63.1 Å². The van der Waals surface area contributed by atoms with Gasteiger partial charge >= 0.3 is 0 Å². The van der Waals surface area contributed by atoms with Crippen LogP contribution >= 0.6 is 11.6 Å². The normalized spacial score (nSPS) is 8.80. The predicted molar refractivity (Wildman–Crippen MR) is 38.4 cm³/mol. The molecule has 0 saturated heterocycles. The van der Waals surface area contributed by atoms with Gasteiger partial charge in [0.2, 0.25) is 0 Å². The number of nitrogen functional groups attached to an aromatic ring is 1. The lowest BCUT2D eigenvalue weighted by atomic mass is 10.4. The Balaban J connectivity index is 3.25. The van der Waals surface area contributed by atoms with Crippen LogP contribution in [0.1, 0.15) is 5.69 Å². The van der Waals surface area contributed by atoms with Crippen LogP contribution in [0.5, 0.6) is 0 Å². The van der Waals surface area contributed by atoms with Crippen LogP contribution in [0.25, 0.3) is 0 Å². The molecule has 0 aliphatic carbocycles. The Kier molecular flexibility index (Phi) is 1.74. The first kappa shape index (κ1) is 6.84. The van der Waals surface area contributed by atoms with Gasteiger partial charge in [0.05, 0.1) is 5.02 Å². The minimum absolute atomic E-state index is 0.168. The molecule has 0 fully saturated rings. The highest BCUT2D eigenvalue weighted by Gasteiger charge is 1.98. The van der Waals surface area contributed by atoms with Crippen molar-refractivity contribution in [1.82, 2.24) is 4.98 Å². The van der Waals surface area contributed by atoms with Gasteiger partial charge in [0.15, 0.2) is 5.69 Å². The van der Waals surface area contributed by atoms with Crippen LogP contribution in [-0.4, -0.2) is 4.98 Å². The monoisotopic (exact) mass is 153 g/mol. The molecule has 0 aromatic carbocycles. The summed E-state index contributed by atoms with van der Waals surface area (Å²) in [5.74, 6) is 0.306. The second-order valence-corrected chi connectivity index (χ2v) is 2.09. The smallest absolute Gasteiger partial charge is 0.161 e. The zero-order valence-electron chi connectivity index (χ0n) is 5.00. The molecule has 1 aromatic heterocycles. The van der Waals surface area contributed by atoms with E-state index < -0.39 is 0 Å². The fourth-order valence-corrected chi connectivity index (χ4v) is 0.683. The molecular formula is C6H4ClN3. The molecule has 0 bridgehead atoms. The lowest BCUT2D eigenvalue weighted by molar-refractivity contribution is 1.27. The summed E-state index contributed by atoms with van der Waals surface area (Å²) in [6.07, 6.45) is 0. The molecular weight excluding hydrogens is 150 g/mol. The third-order valence-corrected chi connectivity index (χ3v) is 1.28. The van der Waals surface area contributed by atoms with Gasteiger partial charge in [-0.2, -0.15) is 5.26 Å². The molecule has 2 N–H and O–H groups in total. The van der Waals surface area contributed by atoms with E-state index in [-0.39, 0.29) is 5.69 Å². The van der Waals surface area contributed by atoms with Crippen molar-refractivity contribution in [2.45, 2.75) is 0 Å². The van der Waals surface area contributed by atoms with E-state index in [9.17, 15) is 0 Å². The third-order valence-electron chi connectivity index (χ3n) is 0.973. The van der Waals surface area contributed by atoms with Gasteiger partial charge in [-0.05, 0) is 12.1 Å². The zero-order valence-corrected chi connectivity index (χ0v) is 5.76. The number of nitrogens with zero attached hydrogens (tertiary/aromatic N) is 2. The predicted octanol–water partition coefficient (Wildman–Crippen LogP) is 1.19. The van der Waals surface area contributed by atoms with Gasteiger partial charge in [-0.15, -0.1) is 0 Å². The molecule has 0 saturated carbocycles. The maximum atomic E-state index is 8.39. The van der Waals surface area contributed by atoms with Crippen molar-refractivity contribution < 1.29 is 0 Å². The van der Waals surface area contributed by atoms with Crippen LogP contribution in [0.2, 0.25) is 5.02 Å². The van der Waals surface area contributed by atoms with Gasteiger partial charge in [-0.3, -0.25) is 0 Å². The minimum atomic E-state index is 0.168. The molecule has 1 rings (SSSR count). The van der Waals surface area contributed by atoms with Gasteiger partial charge in [-0.25, -0.2) is 4.98 Å². The van der Waals surface area contributed by atoms with E-state index >= 15 is 0 Å². The molecule has 0 aliphatic rings. The minimum Gasteiger partial charge on any atom is -0.384 e. The number of aromatic nitrogens is 1. The summed E-state index contributed by atoms with van der Waals surface area (Å²) in [6, 6.07) is 4.90. The number of halogens is 1. The van der Waals surface area contributed by atoms with Crippen molar-refractivity contribution in [2.24, 2.45) is 0 Å². The molecule has 4 heteroatoms. The summed E-state index contributed by atoms with van der Waals surface area (Å²) >= 11 is 5.56. The van der Waals surface area contributed by atoms with E-state index in [1.165, 1.54) is 0 Å². The quantitative estimate of drug-likeness (QED) is 0.609. The highest BCUT2D eigenvalue weighted by Crippen LogP contribution is 2.13. The van der Waals surface area contributed by atoms with E-state index in [1.807, 2.05) is 6.07 Å². The second-order valence-electron chi connectivity index (χ2n) is 1.68. The molecule has 50 valence electrons. The van der Waals surface area contributed by atoms with Crippen molar-refractivity contribution in [2.75, 3.05) is 5.73 Å². The lowest BCUT2D eigenvalue weighted by Crippen LogP contribution is -1.92. The summed E-state index contributed by atoms with van der Waals surface area (Å²) < 4.78 is 0. The number of nitrogens with two attached hydrogens (primary N) is 1. The fourth-order valence-electron chi connectivity index (χ4n) is 0.536. The first-order valence-corrected chi connectivity index (χ1v) is 2.94. The van der Waals surface area contributed by atoms with Crippen LogP contribution in [0.4, 0.5) is 5.82 Å². The average molecular weight is 154 g/mol. The lowest BCUT2D eigenvalue weighted by Gasteiger charge is -1.93. The molecule has 1 aromatic rings. The van der Waals surface area contributed by atoms with Crippen molar-refractivity contribution in [3.8, 4) is 6.07 Å². The zero-order chi connectivity index (χ0) is 7.56. The largest absolute Gasteiger partial charge is 0.384 e. The van der Waals surface area contributed by atoms with Gasteiger partial charge in [0.1, 0.15) is 11.9 Å². The molecule has 0 spiro atoms. The molecule has 0 aliphatic heterocycles. The molecule has 1 heterocycles. The van der Waals surface area contributed by atoms with E-state index in [1.54, 1.807) is 12.1 Å². The van der Waals surface area contributed by atoms with E-state index in [0.29, 0.717) is 10.8 Å². The first-order valence-electron chi connectivity index (χ1n) is 2.56. The van der Waals surface area contributed by atoms with E-state index in [0.717, 1.165) is 0 Å². The maximum absolute atomic E-state index is 8.39. The summed E-state index contributed by atoms with van der Waals surface area (Å²) in [7, 11) is 0. The first-order chi connectivity index (χ1) is 4.74. The summed E-state index contributed by atoms with van der Waals surface area (Å²) in [5, 5.41) is 8.72. The molecule has 0 atom stereocenters. The van der Waals surface area contributed by atoms with Gasteiger partial charge in [0.25, 0.3) is 0 Å². The van der Waals surface area contributed by atoms with Gasteiger partial charge in [-0.1, -0.05) is 11.6 Å². The SMILES string of the molecule is N#Cc1nc(N)ccc1Cl. The summed E-state index contributed by atoms with van der Waals surface area (Å²) in [4.78, 5) is 3.68. The molecule has 0 radical (unpaired) electrons. The Morgan fingerprint density at radius 3 is 2.80 bits per heavy atom. The maximum Gasteiger partial charge on any atom is 0.161 e. The third kappa shape index (κ3) is 1.17. The van der Waals surface area contributed by atoms with Gasteiger partial charge < -0.3 is 5.73 Å². The molecule has 0 unspecified atom stereocenters. The van der Waals surface area contributed by atoms with Crippen molar-refractivity contribution in [3.05, 3.63) is 22.8 Å². The number of pyridine rings is 1. The Morgan fingerprint density at radius 2 is 2.30 bits per heavy atom. The molecule has 10 heavy (non-hydrogen) atoms. The van der Waals surface area contributed by atoms with E-state index in [2.05, 4.69) is 4.98 Å². The van der Waals surface area contributed by atoms with Crippen LogP contribution in [0.3, 0.4) is 0 Å². The summed E-state index contributed by atoms with van der Waals surface area (Å²) in [6.45, 7) is 0. The Hall–Kier alpha value is -1.27. The number of hydrogen-bond donors (Lipinski definition) is 1. The number of hydrogen-bond acceptors (Lipinski definition) is 3. The molecule has 3 nitrogen and oxygen atoms in total. The number of nitriles is 1. The average Bonchev–Trinajstić information content (AvgIpc) is 1.94. The van der Waals surface area contributed by atoms with Crippen LogP contribution in [0.15, 0.2) is 12.1 Å². The fraction of sp³-hybridized carbons (Fsp3) is 0. The van der Waals surface area contributed by atoms with Crippen molar-refractivity contribution in [1.29, 1.82) is 5.26 Å². The Morgan fingerprint density at radius 1 is 1.60 bits per heavy atom. The second kappa shape index (κ2) is 2.54. The highest BCUT2D eigenvalue weighted by molar-refractivity contribution is 6.31. The van der Waals surface area contributed by atoms with Crippen molar-refractivity contribution in [3.63, 3.8) is 0 Å². The van der Waals surface area contributed by atoms with Crippen LogP contribution < -0.4 is 5.73 Å².